The first kappa shape index (κ1) is 8.49. The molecule has 0 saturated carbocycles. The summed E-state index contributed by atoms with van der Waals surface area (Å²) in [5.41, 5.74) is -0.704. The Hall–Kier alpha value is -0.610. The Morgan fingerprint density at radius 2 is 2.18 bits per heavy atom. The van der Waals surface area contributed by atoms with E-state index in [1.165, 1.54) is 0 Å². The van der Waals surface area contributed by atoms with Crippen molar-refractivity contribution in [3.8, 4) is 0 Å². The molecule has 64 valence electrons. The third-order valence-corrected chi connectivity index (χ3v) is 1.70. The van der Waals surface area contributed by atoms with Crippen molar-refractivity contribution in [2.45, 2.75) is 25.6 Å². The van der Waals surface area contributed by atoms with Gasteiger partial charge in [0, 0.05) is 0 Å². The van der Waals surface area contributed by atoms with Gasteiger partial charge >= 0.3 is 5.97 Å². The molecule has 0 bridgehead atoms. The lowest BCUT2D eigenvalue weighted by Gasteiger charge is -2.35. The van der Waals surface area contributed by atoms with Gasteiger partial charge in [0.2, 0.25) is 0 Å². The highest BCUT2D eigenvalue weighted by Crippen LogP contribution is 2.21. The van der Waals surface area contributed by atoms with Gasteiger partial charge in [-0.05, 0) is 13.8 Å². The van der Waals surface area contributed by atoms with Gasteiger partial charge < -0.3 is 14.6 Å². The van der Waals surface area contributed by atoms with Crippen molar-refractivity contribution in [1.82, 2.24) is 0 Å². The quantitative estimate of drug-likeness (QED) is 0.598. The molecule has 4 nitrogen and oxygen atoms in total. The number of hydrogen-bond donors (Lipinski definition) is 1. The third-order valence-electron chi connectivity index (χ3n) is 1.70. The van der Waals surface area contributed by atoms with Crippen LogP contribution in [0.2, 0.25) is 0 Å². The molecule has 1 unspecified atom stereocenters. The summed E-state index contributed by atoms with van der Waals surface area (Å²) >= 11 is 0. The average molecular weight is 160 g/mol. The number of rotatable bonds is 1. The van der Waals surface area contributed by atoms with Gasteiger partial charge in [-0.3, -0.25) is 0 Å². The van der Waals surface area contributed by atoms with Crippen molar-refractivity contribution in [3.63, 3.8) is 0 Å². The maximum absolute atomic E-state index is 10.6. The van der Waals surface area contributed by atoms with E-state index < -0.39 is 17.7 Å². The van der Waals surface area contributed by atoms with E-state index in [0.717, 1.165) is 0 Å². The van der Waals surface area contributed by atoms with Crippen molar-refractivity contribution in [3.05, 3.63) is 0 Å². The first-order chi connectivity index (χ1) is 5.04. The zero-order valence-electron chi connectivity index (χ0n) is 6.66. The monoisotopic (exact) mass is 160 g/mol. The fourth-order valence-electron chi connectivity index (χ4n) is 1.12. The number of carboxylic acid groups (broad SMARTS) is 1. The number of aliphatic carboxylic acids is 1. The van der Waals surface area contributed by atoms with Crippen LogP contribution in [0.3, 0.4) is 0 Å². The Balaban J connectivity index is 2.67. The third kappa shape index (κ3) is 1.70. The molecule has 0 aromatic rings. The van der Waals surface area contributed by atoms with E-state index in [9.17, 15) is 4.79 Å². The normalized spacial score (nSPS) is 29.8. The molecule has 0 aromatic heterocycles. The molecule has 4 heteroatoms. The summed E-state index contributed by atoms with van der Waals surface area (Å²) in [5.74, 6) is -0.963. The zero-order valence-corrected chi connectivity index (χ0v) is 6.66. The number of ether oxygens (including phenoxy) is 2. The Morgan fingerprint density at radius 1 is 1.55 bits per heavy atom. The van der Waals surface area contributed by atoms with Crippen LogP contribution in [0, 0.1) is 0 Å². The van der Waals surface area contributed by atoms with E-state index in [1.54, 1.807) is 13.8 Å². The molecule has 1 atom stereocenters. The molecule has 0 aliphatic carbocycles. The molecule has 1 rings (SSSR count). The first-order valence-corrected chi connectivity index (χ1v) is 3.52. The number of hydrogen-bond acceptors (Lipinski definition) is 3. The van der Waals surface area contributed by atoms with Gasteiger partial charge in [0.15, 0.2) is 6.10 Å². The van der Waals surface area contributed by atoms with Gasteiger partial charge in [-0.25, -0.2) is 4.79 Å². The van der Waals surface area contributed by atoms with Crippen LogP contribution in [-0.2, 0) is 14.3 Å². The van der Waals surface area contributed by atoms with E-state index in [1.807, 2.05) is 0 Å². The molecule has 0 amide bonds. The predicted molar refractivity (Wildman–Crippen MR) is 37.4 cm³/mol. The molecular weight excluding hydrogens is 148 g/mol. The molecule has 1 aliphatic rings. The van der Waals surface area contributed by atoms with Gasteiger partial charge in [-0.15, -0.1) is 0 Å². The van der Waals surface area contributed by atoms with Crippen LogP contribution in [0.4, 0.5) is 0 Å². The molecule has 11 heavy (non-hydrogen) atoms. The fraction of sp³-hybridized carbons (Fsp3) is 0.857. The highest BCUT2D eigenvalue weighted by Gasteiger charge is 2.39. The summed E-state index contributed by atoms with van der Waals surface area (Å²) in [6.45, 7) is 4.26. The van der Waals surface area contributed by atoms with Crippen LogP contribution in [0.25, 0.3) is 0 Å². The second-order valence-corrected chi connectivity index (χ2v) is 3.04. The first-order valence-electron chi connectivity index (χ1n) is 3.52. The van der Waals surface area contributed by atoms with Gasteiger partial charge in [0.05, 0.1) is 18.8 Å². The van der Waals surface area contributed by atoms with Crippen molar-refractivity contribution in [2.24, 2.45) is 0 Å². The lowest BCUT2D eigenvalue weighted by molar-refractivity contribution is -0.203. The Bertz CT molecular complexity index is 164. The van der Waals surface area contributed by atoms with E-state index in [4.69, 9.17) is 14.6 Å². The lowest BCUT2D eigenvalue weighted by atomic mass is 10.0. The van der Waals surface area contributed by atoms with E-state index in [0.29, 0.717) is 13.2 Å². The SMILES string of the molecule is CC1(C)OCCOC1C(=O)O. The van der Waals surface area contributed by atoms with E-state index in [-0.39, 0.29) is 0 Å². The van der Waals surface area contributed by atoms with Crippen LogP contribution in [0.15, 0.2) is 0 Å². The molecule has 1 aliphatic heterocycles. The summed E-state index contributed by atoms with van der Waals surface area (Å²) in [5, 5.41) is 8.67. The van der Waals surface area contributed by atoms with Crippen LogP contribution >= 0.6 is 0 Å². The molecule has 1 saturated heterocycles. The molecular formula is C7H12O4. The molecule has 0 aromatic carbocycles. The predicted octanol–water partition coefficient (Wildman–Crippen LogP) is 0.265. The molecule has 1 fully saturated rings. The standard InChI is InChI=1S/C7H12O4/c1-7(2)5(6(8)9)10-3-4-11-7/h5H,3-4H2,1-2H3,(H,8,9). The van der Waals surface area contributed by atoms with Gasteiger partial charge in [-0.1, -0.05) is 0 Å². The van der Waals surface area contributed by atoms with Crippen LogP contribution in [-0.4, -0.2) is 36.0 Å². The highest BCUT2D eigenvalue weighted by molar-refractivity contribution is 5.74. The molecule has 1 heterocycles. The van der Waals surface area contributed by atoms with Crippen LogP contribution < -0.4 is 0 Å². The molecule has 0 radical (unpaired) electrons. The second-order valence-electron chi connectivity index (χ2n) is 3.04. The van der Waals surface area contributed by atoms with E-state index >= 15 is 0 Å². The zero-order chi connectivity index (χ0) is 8.48. The Kier molecular flexibility index (Phi) is 2.15. The second kappa shape index (κ2) is 2.79. The minimum absolute atomic E-state index is 0.362. The molecule has 1 N–H and O–H groups in total. The summed E-state index contributed by atoms with van der Waals surface area (Å²) in [6.07, 6.45) is -0.837. The van der Waals surface area contributed by atoms with Gasteiger partial charge in [-0.2, -0.15) is 0 Å². The van der Waals surface area contributed by atoms with Gasteiger partial charge in [0.1, 0.15) is 0 Å². The van der Waals surface area contributed by atoms with Crippen molar-refractivity contribution < 1.29 is 19.4 Å². The van der Waals surface area contributed by atoms with Crippen LogP contribution in [0.5, 0.6) is 0 Å². The minimum atomic E-state index is -0.963. The van der Waals surface area contributed by atoms with Crippen molar-refractivity contribution in [1.29, 1.82) is 0 Å². The molecule has 0 spiro atoms. The maximum Gasteiger partial charge on any atom is 0.335 e. The summed E-state index contributed by atoms with van der Waals surface area (Å²) in [6, 6.07) is 0. The fourth-order valence-corrected chi connectivity index (χ4v) is 1.12. The van der Waals surface area contributed by atoms with Gasteiger partial charge in [0.25, 0.3) is 0 Å². The summed E-state index contributed by atoms with van der Waals surface area (Å²) in [4.78, 5) is 10.6. The maximum atomic E-state index is 10.6. The van der Waals surface area contributed by atoms with Crippen LogP contribution in [0.1, 0.15) is 13.8 Å². The Labute approximate surface area is 65.1 Å². The highest BCUT2D eigenvalue weighted by atomic mass is 16.6. The largest absolute Gasteiger partial charge is 0.479 e. The average Bonchev–Trinajstić information content (AvgIpc) is 1.85. The van der Waals surface area contributed by atoms with Crippen molar-refractivity contribution in [2.75, 3.05) is 13.2 Å². The number of carbonyl (C=O) groups is 1. The van der Waals surface area contributed by atoms with Crippen molar-refractivity contribution >= 4 is 5.97 Å². The number of carboxylic acids is 1. The smallest absolute Gasteiger partial charge is 0.335 e. The minimum Gasteiger partial charge on any atom is -0.479 e. The topological polar surface area (TPSA) is 55.8 Å². The summed E-state index contributed by atoms with van der Waals surface area (Å²) in [7, 11) is 0. The summed E-state index contributed by atoms with van der Waals surface area (Å²) < 4.78 is 10.3. The van der Waals surface area contributed by atoms with E-state index in [2.05, 4.69) is 0 Å². The Morgan fingerprint density at radius 3 is 2.55 bits per heavy atom. The lowest BCUT2D eigenvalue weighted by Crippen LogP contribution is -2.50.